The lowest BCUT2D eigenvalue weighted by atomic mass is 10.0. The van der Waals surface area contributed by atoms with Gasteiger partial charge in [-0.15, -0.1) is 0 Å². The van der Waals surface area contributed by atoms with E-state index in [1.807, 2.05) is 0 Å². The Kier molecular flexibility index (Phi) is 7.64. The highest BCUT2D eigenvalue weighted by atomic mass is 19.4. The van der Waals surface area contributed by atoms with Gasteiger partial charge in [0.25, 0.3) is 5.91 Å². The second-order valence-electron chi connectivity index (χ2n) is 9.31. The van der Waals surface area contributed by atoms with Crippen LogP contribution >= 0.6 is 0 Å². The SMILES string of the molecule is CC(Nc1ncnc2c(OCC(=O)NOC(=O)C3CC3)cc(-c3ccc(F)cc3)cc12)c1cnc(C(F)(F)F)nc1. The highest BCUT2D eigenvalue weighted by Crippen LogP contribution is 2.35. The second-order valence-corrected chi connectivity index (χ2v) is 9.31. The third kappa shape index (κ3) is 6.65. The fraction of sp³-hybridized carbons (Fsp3) is 0.259. The van der Waals surface area contributed by atoms with Gasteiger partial charge in [0.1, 0.15) is 29.2 Å². The Morgan fingerprint density at radius 1 is 1.02 bits per heavy atom. The molecule has 2 heterocycles. The van der Waals surface area contributed by atoms with Crippen LogP contribution in [0.5, 0.6) is 5.75 Å². The molecule has 1 atom stereocenters. The second kappa shape index (κ2) is 11.3. The van der Waals surface area contributed by atoms with E-state index in [0.717, 1.165) is 12.4 Å². The number of alkyl halides is 3. The number of aromatic nitrogens is 4. The van der Waals surface area contributed by atoms with Crippen molar-refractivity contribution in [2.75, 3.05) is 11.9 Å². The van der Waals surface area contributed by atoms with Crippen molar-refractivity contribution in [2.24, 2.45) is 5.92 Å². The van der Waals surface area contributed by atoms with Gasteiger partial charge < -0.3 is 14.9 Å². The number of fused-ring (bicyclic) bond motifs is 1. The van der Waals surface area contributed by atoms with Crippen molar-refractivity contribution >= 4 is 28.6 Å². The lowest BCUT2D eigenvalue weighted by molar-refractivity contribution is -0.160. The monoisotopic (exact) mass is 570 g/mol. The van der Waals surface area contributed by atoms with Crippen LogP contribution in [0.1, 0.15) is 37.2 Å². The summed E-state index contributed by atoms with van der Waals surface area (Å²) >= 11 is 0. The van der Waals surface area contributed by atoms with Crippen molar-refractivity contribution in [3.63, 3.8) is 0 Å². The maximum absolute atomic E-state index is 13.6. The topological polar surface area (TPSA) is 128 Å². The number of halogens is 4. The number of carbonyl (C=O) groups is 2. The van der Waals surface area contributed by atoms with Gasteiger partial charge in [-0.1, -0.05) is 12.1 Å². The van der Waals surface area contributed by atoms with Crippen LogP contribution in [-0.2, 0) is 20.6 Å². The molecule has 10 nitrogen and oxygen atoms in total. The maximum Gasteiger partial charge on any atom is 0.451 e. The van der Waals surface area contributed by atoms with Crippen LogP contribution in [0, 0.1) is 11.7 Å². The van der Waals surface area contributed by atoms with E-state index < -0.39 is 42.3 Å². The van der Waals surface area contributed by atoms with E-state index in [0.29, 0.717) is 46.3 Å². The average Bonchev–Trinajstić information content (AvgIpc) is 3.81. The molecule has 0 aliphatic heterocycles. The summed E-state index contributed by atoms with van der Waals surface area (Å²) in [5, 5.41) is 3.57. The zero-order chi connectivity index (χ0) is 29.1. The van der Waals surface area contributed by atoms with E-state index >= 15 is 0 Å². The number of ether oxygens (including phenoxy) is 1. The smallest absolute Gasteiger partial charge is 0.451 e. The van der Waals surface area contributed by atoms with Crippen LogP contribution in [0.15, 0.2) is 55.1 Å². The first kappa shape index (κ1) is 27.7. The van der Waals surface area contributed by atoms with Gasteiger partial charge in [-0.3, -0.25) is 4.79 Å². The number of amides is 1. The molecule has 1 saturated carbocycles. The molecule has 212 valence electrons. The molecular weight excluding hydrogens is 548 g/mol. The molecule has 1 amide bonds. The van der Waals surface area contributed by atoms with Crippen molar-refractivity contribution < 1.29 is 36.7 Å². The summed E-state index contributed by atoms with van der Waals surface area (Å²) < 4.78 is 57.9. The fourth-order valence-electron chi connectivity index (χ4n) is 3.85. The molecule has 1 aliphatic carbocycles. The number of hydrogen-bond donors (Lipinski definition) is 2. The molecule has 0 saturated heterocycles. The van der Waals surface area contributed by atoms with Gasteiger partial charge in [-0.2, -0.15) is 18.7 Å². The number of carbonyl (C=O) groups excluding carboxylic acids is 2. The van der Waals surface area contributed by atoms with E-state index in [2.05, 4.69) is 30.7 Å². The largest absolute Gasteiger partial charge is 0.481 e. The number of anilines is 1. The zero-order valence-corrected chi connectivity index (χ0v) is 21.4. The molecule has 2 aromatic carbocycles. The molecule has 1 unspecified atom stereocenters. The molecule has 5 rings (SSSR count). The van der Waals surface area contributed by atoms with E-state index in [1.165, 1.54) is 18.5 Å². The minimum Gasteiger partial charge on any atom is -0.481 e. The summed E-state index contributed by atoms with van der Waals surface area (Å²) in [5.41, 5.74) is 3.95. The molecule has 4 aromatic rings. The Morgan fingerprint density at radius 2 is 1.73 bits per heavy atom. The molecular formula is C27H22F4N6O4. The molecule has 2 aromatic heterocycles. The van der Waals surface area contributed by atoms with Crippen LogP contribution in [0.4, 0.5) is 23.4 Å². The van der Waals surface area contributed by atoms with Crippen LogP contribution in [0.2, 0.25) is 0 Å². The van der Waals surface area contributed by atoms with Gasteiger partial charge in [0.15, 0.2) is 6.61 Å². The van der Waals surface area contributed by atoms with E-state index in [1.54, 1.807) is 31.2 Å². The molecule has 2 N–H and O–H groups in total. The third-order valence-corrected chi connectivity index (χ3v) is 6.19. The predicted molar refractivity (Wildman–Crippen MR) is 136 cm³/mol. The van der Waals surface area contributed by atoms with E-state index in [4.69, 9.17) is 9.57 Å². The van der Waals surface area contributed by atoms with Crippen molar-refractivity contribution in [2.45, 2.75) is 32.0 Å². The zero-order valence-electron chi connectivity index (χ0n) is 21.4. The van der Waals surface area contributed by atoms with Gasteiger partial charge in [-0.05, 0) is 55.2 Å². The first-order valence-corrected chi connectivity index (χ1v) is 12.4. The molecule has 0 bridgehead atoms. The lowest BCUT2D eigenvalue weighted by Crippen LogP contribution is -2.31. The molecule has 1 aliphatic rings. The Labute approximate surface area is 230 Å². The molecule has 1 fully saturated rings. The van der Waals surface area contributed by atoms with Gasteiger partial charge in [-0.25, -0.2) is 29.1 Å². The average molecular weight is 571 g/mol. The van der Waals surface area contributed by atoms with Crippen molar-refractivity contribution in [1.29, 1.82) is 0 Å². The van der Waals surface area contributed by atoms with Crippen LogP contribution in [-0.4, -0.2) is 38.4 Å². The first-order chi connectivity index (χ1) is 19.6. The molecule has 14 heteroatoms. The summed E-state index contributed by atoms with van der Waals surface area (Å²) in [7, 11) is 0. The minimum atomic E-state index is -4.67. The number of rotatable bonds is 8. The first-order valence-electron chi connectivity index (χ1n) is 12.4. The Morgan fingerprint density at radius 3 is 2.39 bits per heavy atom. The highest BCUT2D eigenvalue weighted by molar-refractivity contribution is 5.97. The fourth-order valence-corrected chi connectivity index (χ4v) is 3.85. The van der Waals surface area contributed by atoms with E-state index in [9.17, 15) is 27.2 Å². The highest BCUT2D eigenvalue weighted by Gasteiger charge is 2.34. The summed E-state index contributed by atoms with van der Waals surface area (Å²) in [4.78, 5) is 44.1. The third-order valence-electron chi connectivity index (χ3n) is 6.19. The quantitative estimate of drug-likeness (QED) is 0.227. The van der Waals surface area contributed by atoms with Crippen LogP contribution < -0.4 is 15.5 Å². The summed E-state index contributed by atoms with van der Waals surface area (Å²) in [6, 6.07) is 8.46. The van der Waals surface area contributed by atoms with Crippen molar-refractivity contribution in [3.05, 3.63) is 72.3 Å². The summed E-state index contributed by atoms with van der Waals surface area (Å²) in [6.45, 7) is 1.18. The summed E-state index contributed by atoms with van der Waals surface area (Å²) in [5.74, 6) is -2.62. The molecule has 41 heavy (non-hydrogen) atoms. The number of nitrogens with one attached hydrogen (secondary N) is 2. The Hall–Kier alpha value is -4.88. The standard InChI is InChI=1S/C27H22F4N6O4/c1-14(18-10-32-26(33-11-18)27(29,30)31)36-24-20-8-17(15-4-6-19(28)7-5-15)9-21(23(20)34-13-35-24)40-12-22(38)37-41-25(39)16-2-3-16/h4-11,13-14,16H,2-3,12H2,1H3,(H,37,38)(H,34,35,36). The molecule has 0 spiro atoms. The summed E-state index contributed by atoms with van der Waals surface area (Å²) in [6.07, 6.45) is 0.166. The normalized spacial score (nSPS) is 13.9. The van der Waals surface area contributed by atoms with Gasteiger partial charge in [0, 0.05) is 23.3 Å². The van der Waals surface area contributed by atoms with Crippen molar-refractivity contribution in [3.8, 4) is 16.9 Å². The van der Waals surface area contributed by atoms with E-state index in [-0.39, 0.29) is 11.7 Å². The minimum absolute atomic E-state index is 0.182. The van der Waals surface area contributed by atoms with Crippen LogP contribution in [0.3, 0.4) is 0 Å². The number of hydrogen-bond acceptors (Lipinski definition) is 9. The number of hydroxylamine groups is 1. The number of nitrogens with zero attached hydrogens (tertiary/aromatic N) is 4. The maximum atomic E-state index is 13.6. The predicted octanol–water partition coefficient (Wildman–Crippen LogP) is 4.78. The molecule has 0 radical (unpaired) electrons. The lowest BCUT2D eigenvalue weighted by Gasteiger charge is -2.18. The Balaban J connectivity index is 1.43. The Bertz CT molecular complexity index is 1580. The van der Waals surface area contributed by atoms with Crippen molar-refractivity contribution in [1.82, 2.24) is 25.4 Å². The number of benzene rings is 2. The van der Waals surface area contributed by atoms with Gasteiger partial charge in [0.05, 0.1) is 12.0 Å². The van der Waals surface area contributed by atoms with Crippen LogP contribution in [0.25, 0.3) is 22.0 Å². The van der Waals surface area contributed by atoms with Gasteiger partial charge in [0.2, 0.25) is 5.82 Å². The van der Waals surface area contributed by atoms with Gasteiger partial charge >= 0.3 is 12.1 Å².